The second-order valence-corrected chi connectivity index (χ2v) is 6.29. The molecule has 0 bridgehead atoms. The van der Waals surface area contributed by atoms with Crippen molar-refractivity contribution in [2.45, 2.75) is 32.7 Å². The Morgan fingerprint density at radius 2 is 2.00 bits per heavy atom. The van der Waals surface area contributed by atoms with Crippen LogP contribution in [0.5, 0.6) is 0 Å². The van der Waals surface area contributed by atoms with Crippen LogP contribution < -0.4 is 0 Å². The number of ketones is 1. The summed E-state index contributed by atoms with van der Waals surface area (Å²) >= 11 is 0. The predicted molar refractivity (Wildman–Crippen MR) is 91.4 cm³/mol. The first kappa shape index (κ1) is 17.4. The normalized spacial score (nSPS) is 17.5. The predicted octanol–water partition coefficient (Wildman–Crippen LogP) is 2.33. The zero-order chi connectivity index (χ0) is 17.8. The van der Waals surface area contributed by atoms with Crippen LogP contribution in [0.1, 0.15) is 33.8 Å². The standard InChI is InChI=1S/C19H22N2O4/c1-13-17(14(2)25-20-13)11-19(23)21-8-9-24-12-16(21)10-18(22)15-6-4-3-5-7-15/h3-7,16H,8-12H2,1-2H3/t16-/m1/s1. The van der Waals surface area contributed by atoms with Crippen LogP contribution in [0.25, 0.3) is 0 Å². The maximum absolute atomic E-state index is 12.8. The lowest BCUT2D eigenvalue weighted by Gasteiger charge is -2.35. The van der Waals surface area contributed by atoms with Gasteiger partial charge in [-0.3, -0.25) is 9.59 Å². The molecule has 2 aromatic rings. The number of benzene rings is 1. The molecule has 0 N–H and O–H groups in total. The number of morpholine rings is 1. The van der Waals surface area contributed by atoms with Gasteiger partial charge in [-0.1, -0.05) is 35.5 Å². The molecule has 1 aliphatic heterocycles. The van der Waals surface area contributed by atoms with Crippen molar-refractivity contribution in [3.63, 3.8) is 0 Å². The molecule has 0 unspecified atom stereocenters. The lowest BCUT2D eigenvalue weighted by atomic mass is 10.0. The molecule has 1 amide bonds. The molecular formula is C19H22N2O4. The smallest absolute Gasteiger partial charge is 0.227 e. The number of amides is 1. The fraction of sp³-hybridized carbons (Fsp3) is 0.421. The Labute approximate surface area is 146 Å². The number of hydrogen-bond acceptors (Lipinski definition) is 5. The number of hydrogen-bond donors (Lipinski definition) is 0. The number of rotatable bonds is 5. The van der Waals surface area contributed by atoms with Crippen molar-refractivity contribution in [2.75, 3.05) is 19.8 Å². The van der Waals surface area contributed by atoms with Gasteiger partial charge >= 0.3 is 0 Å². The van der Waals surface area contributed by atoms with Gasteiger partial charge in [0.1, 0.15) is 5.76 Å². The van der Waals surface area contributed by atoms with Gasteiger partial charge in [0.2, 0.25) is 5.91 Å². The van der Waals surface area contributed by atoms with Crippen molar-refractivity contribution < 1.29 is 18.8 Å². The molecule has 0 saturated carbocycles. The van der Waals surface area contributed by atoms with E-state index in [9.17, 15) is 9.59 Å². The Morgan fingerprint density at radius 3 is 2.68 bits per heavy atom. The third kappa shape index (κ3) is 3.96. The summed E-state index contributed by atoms with van der Waals surface area (Å²) in [5.41, 5.74) is 2.21. The van der Waals surface area contributed by atoms with E-state index in [1.807, 2.05) is 25.1 Å². The molecule has 3 rings (SSSR count). The van der Waals surface area contributed by atoms with E-state index < -0.39 is 0 Å². The number of nitrogens with zero attached hydrogens (tertiary/aromatic N) is 2. The number of carbonyl (C=O) groups is 2. The van der Waals surface area contributed by atoms with Gasteiger partial charge in [0.05, 0.1) is 31.4 Å². The Morgan fingerprint density at radius 1 is 1.24 bits per heavy atom. The van der Waals surface area contributed by atoms with Gasteiger partial charge in [-0.25, -0.2) is 0 Å². The summed E-state index contributed by atoms with van der Waals surface area (Å²) in [4.78, 5) is 27.0. The SMILES string of the molecule is Cc1noc(C)c1CC(=O)N1CCOC[C@H]1CC(=O)c1ccccc1. The van der Waals surface area contributed by atoms with Crippen LogP contribution in [-0.4, -0.2) is 47.5 Å². The second-order valence-electron chi connectivity index (χ2n) is 6.29. The quantitative estimate of drug-likeness (QED) is 0.780. The molecular weight excluding hydrogens is 320 g/mol. The minimum atomic E-state index is -0.241. The van der Waals surface area contributed by atoms with Crippen molar-refractivity contribution in [3.8, 4) is 0 Å². The molecule has 1 saturated heterocycles. The summed E-state index contributed by atoms with van der Waals surface area (Å²) < 4.78 is 10.6. The molecule has 132 valence electrons. The highest BCUT2D eigenvalue weighted by Crippen LogP contribution is 2.19. The largest absolute Gasteiger partial charge is 0.377 e. The van der Waals surface area contributed by atoms with E-state index in [-0.39, 0.29) is 30.6 Å². The van der Waals surface area contributed by atoms with Crippen molar-refractivity contribution in [1.82, 2.24) is 10.1 Å². The molecule has 1 aromatic heterocycles. The van der Waals surface area contributed by atoms with Crippen LogP contribution in [0.2, 0.25) is 0 Å². The van der Waals surface area contributed by atoms with Crippen molar-refractivity contribution in [2.24, 2.45) is 0 Å². The molecule has 1 atom stereocenters. The van der Waals surface area contributed by atoms with Crippen molar-refractivity contribution in [1.29, 1.82) is 0 Å². The van der Waals surface area contributed by atoms with Crippen molar-refractivity contribution in [3.05, 3.63) is 52.9 Å². The molecule has 25 heavy (non-hydrogen) atoms. The number of carbonyl (C=O) groups excluding carboxylic acids is 2. The monoisotopic (exact) mass is 342 g/mol. The second kappa shape index (κ2) is 7.61. The maximum atomic E-state index is 12.8. The van der Waals surface area contributed by atoms with Crippen LogP contribution in [0.15, 0.2) is 34.9 Å². The Bertz CT molecular complexity index is 735. The van der Waals surface area contributed by atoms with E-state index in [1.54, 1.807) is 24.0 Å². The Hall–Kier alpha value is -2.47. The minimum Gasteiger partial charge on any atom is -0.377 e. The Balaban J connectivity index is 1.70. The highest BCUT2D eigenvalue weighted by Gasteiger charge is 2.30. The molecule has 0 spiro atoms. The van der Waals surface area contributed by atoms with Crippen LogP contribution in [0, 0.1) is 13.8 Å². The summed E-state index contributed by atoms with van der Waals surface area (Å²) in [6.07, 6.45) is 0.495. The summed E-state index contributed by atoms with van der Waals surface area (Å²) in [7, 11) is 0. The minimum absolute atomic E-state index is 0.0197. The van der Waals surface area contributed by atoms with Crippen molar-refractivity contribution >= 4 is 11.7 Å². The average Bonchev–Trinajstić information content (AvgIpc) is 2.95. The lowest BCUT2D eigenvalue weighted by molar-refractivity contribution is -0.138. The molecule has 2 heterocycles. The Kier molecular flexibility index (Phi) is 5.28. The summed E-state index contributed by atoms with van der Waals surface area (Å²) in [6, 6.07) is 8.90. The van der Waals surface area contributed by atoms with E-state index >= 15 is 0 Å². The van der Waals surface area contributed by atoms with E-state index in [2.05, 4.69) is 5.16 Å². The third-order valence-corrected chi connectivity index (χ3v) is 4.57. The van der Waals surface area contributed by atoms with Gasteiger partial charge in [0.25, 0.3) is 0 Å². The number of aryl methyl sites for hydroxylation is 2. The highest BCUT2D eigenvalue weighted by molar-refractivity contribution is 5.96. The average molecular weight is 342 g/mol. The summed E-state index contributed by atoms with van der Waals surface area (Å²) in [5.74, 6) is 0.658. The molecule has 1 aromatic carbocycles. The highest BCUT2D eigenvalue weighted by atomic mass is 16.5. The first-order valence-electron chi connectivity index (χ1n) is 8.43. The van der Waals surface area contributed by atoms with Gasteiger partial charge in [-0.2, -0.15) is 0 Å². The number of aromatic nitrogens is 1. The van der Waals surface area contributed by atoms with E-state index in [1.165, 1.54) is 0 Å². The van der Waals surface area contributed by atoms with Gasteiger partial charge in [0, 0.05) is 24.1 Å². The van der Waals surface area contributed by atoms with Crippen LogP contribution in [0.3, 0.4) is 0 Å². The fourth-order valence-corrected chi connectivity index (χ4v) is 3.12. The topological polar surface area (TPSA) is 72.6 Å². The number of ether oxygens (including phenoxy) is 1. The first-order chi connectivity index (χ1) is 12.1. The fourth-order valence-electron chi connectivity index (χ4n) is 3.12. The maximum Gasteiger partial charge on any atom is 0.227 e. The molecule has 1 aliphatic rings. The van der Waals surface area contributed by atoms with Crippen LogP contribution in [0.4, 0.5) is 0 Å². The van der Waals surface area contributed by atoms with Crippen LogP contribution in [-0.2, 0) is 16.0 Å². The lowest BCUT2D eigenvalue weighted by Crippen LogP contribution is -2.50. The molecule has 0 aliphatic carbocycles. The van der Waals surface area contributed by atoms with Gasteiger partial charge < -0.3 is 14.2 Å². The van der Waals surface area contributed by atoms with Crippen LogP contribution >= 0.6 is 0 Å². The van der Waals surface area contributed by atoms with Gasteiger partial charge in [0.15, 0.2) is 5.78 Å². The molecule has 0 radical (unpaired) electrons. The first-order valence-corrected chi connectivity index (χ1v) is 8.43. The molecule has 1 fully saturated rings. The van der Waals surface area contributed by atoms with Gasteiger partial charge in [-0.15, -0.1) is 0 Å². The van der Waals surface area contributed by atoms with E-state index in [0.29, 0.717) is 31.1 Å². The van der Waals surface area contributed by atoms with Gasteiger partial charge in [-0.05, 0) is 13.8 Å². The zero-order valence-corrected chi connectivity index (χ0v) is 14.5. The van der Waals surface area contributed by atoms with E-state index in [4.69, 9.17) is 9.26 Å². The summed E-state index contributed by atoms with van der Waals surface area (Å²) in [5, 5.41) is 3.90. The zero-order valence-electron chi connectivity index (χ0n) is 14.5. The number of Topliss-reactive ketones (excluding diaryl/α,β-unsaturated/α-hetero) is 1. The molecule has 6 heteroatoms. The molecule has 6 nitrogen and oxygen atoms in total. The van der Waals surface area contributed by atoms with E-state index in [0.717, 1.165) is 11.3 Å². The third-order valence-electron chi connectivity index (χ3n) is 4.57. The summed E-state index contributed by atoms with van der Waals surface area (Å²) in [6.45, 7) is 5.00.